The van der Waals surface area contributed by atoms with E-state index in [9.17, 15) is 0 Å². The van der Waals surface area contributed by atoms with Crippen molar-refractivity contribution in [2.24, 2.45) is 4.99 Å². The molecule has 0 unspecified atom stereocenters. The lowest BCUT2D eigenvalue weighted by atomic mass is 10.5. The molecular formula is C9H11NO. The molecule has 58 valence electrons. The first-order chi connectivity index (χ1) is 5.24. The van der Waals surface area contributed by atoms with Gasteiger partial charge in [-0.25, -0.2) is 4.99 Å². The number of terminal acetylenes is 1. The maximum atomic E-state index is 5.02. The lowest BCUT2D eigenvalue weighted by Crippen LogP contribution is -1.86. The Kier molecular flexibility index (Phi) is 4.59. The van der Waals surface area contributed by atoms with Crippen LogP contribution in [-0.2, 0) is 4.74 Å². The monoisotopic (exact) mass is 149 g/mol. The Hall–Kier alpha value is -1.49. The molecule has 0 aromatic rings. The summed E-state index contributed by atoms with van der Waals surface area (Å²) in [5.74, 6) is 2.96. The highest BCUT2D eigenvalue weighted by Crippen LogP contribution is 1.93. The molecule has 0 spiro atoms. The normalized spacial score (nSPS) is 11.2. The van der Waals surface area contributed by atoms with Crippen LogP contribution in [0.4, 0.5) is 0 Å². The van der Waals surface area contributed by atoms with Gasteiger partial charge in [0.2, 0.25) is 0 Å². The van der Waals surface area contributed by atoms with Crippen LogP contribution in [0.1, 0.15) is 6.92 Å². The zero-order chi connectivity index (χ0) is 8.69. The molecule has 0 aromatic carbocycles. The minimum Gasteiger partial charge on any atom is -0.495 e. The molecule has 0 aromatic heterocycles. The van der Waals surface area contributed by atoms with Crippen molar-refractivity contribution in [1.29, 1.82) is 0 Å². The molecule has 0 radical (unpaired) electrons. The molecule has 2 nitrogen and oxygen atoms in total. The maximum absolute atomic E-state index is 5.02. The third-order valence-corrected chi connectivity index (χ3v) is 1.03. The number of hydrogen-bond acceptors (Lipinski definition) is 2. The van der Waals surface area contributed by atoms with Gasteiger partial charge in [0.15, 0.2) is 0 Å². The van der Waals surface area contributed by atoms with E-state index >= 15 is 0 Å². The van der Waals surface area contributed by atoms with Crippen LogP contribution in [0.3, 0.4) is 0 Å². The van der Waals surface area contributed by atoms with Crippen molar-refractivity contribution >= 4 is 6.21 Å². The number of nitrogens with zero attached hydrogens (tertiary/aromatic N) is 1. The molecule has 0 amide bonds. The average Bonchev–Trinajstić information content (AvgIpc) is 2.06. The van der Waals surface area contributed by atoms with Crippen LogP contribution in [0.15, 0.2) is 29.1 Å². The van der Waals surface area contributed by atoms with Gasteiger partial charge < -0.3 is 4.74 Å². The highest BCUT2D eigenvalue weighted by atomic mass is 16.5. The standard InChI is InChI=1S/C9H11NO/c1-5-8(3)10-7-9(6-2)11-4/h1,6-7H,3H2,2,4H3/b9-6+,10-7?. The van der Waals surface area contributed by atoms with Gasteiger partial charge >= 0.3 is 0 Å². The Morgan fingerprint density at radius 3 is 2.73 bits per heavy atom. The molecule has 0 aliphatic rings. The average molecular weight is 149 g/mol. The Morgan fingerprint density at radius 2 is 2.36 bits per heavy atom. The summed E-state index contributed by atoms with van der Waals surface area (Å²) in [6, 6.07) is 0. The summed E-state index contributed by atoms with van der Waals surface area (Å²) in [7, 11) is 1.57. The van der Waals surface area contributed by atoms with E-state index in [1.807, 2.05) is 6.92 Å². The highest BCUT2D eigenvalue weighted by Gasteiger charge is 1.85. The fraction of sp³-hybridized carbons (Fsp3) is 0.222. The SMILES string of the molecule is C#CC(=C)N=C/C(=C\C)OC. The molecule has 0 aliphatic heterocycles. The molecule has 0 rings (SSSR count). The number of allylic oxidation sites excluding steroid dienone is 3. The van der Waals surface area contributed by atoms with Crippen molar-refractivity contribution < 1.29 is 4.74 Å². The van der Waals surface area contributed by atoms with Gasteiger partial charge in [-0.1, -0.05) is 12.5 Å². The van der Waals surface area contributed by atoms with Gasteiger partial charge in [0, 0.05) is 0 Å². The van der Waals surface area contributed by atoms with E-state index in [-0.39, 0.29) is 0 Å². The molecule has 0 fully saturated rings. The van der Waals surface area contributed by atoms with Crippen LogP contribution in [-0.4, -0.2) is 13.3 Å². The van der Waals surface area contributed by atoms with Gasteiger partial charge in [0.1, 0.15) is 11.5 Å². The first-order valence-electron chi connectivity index (χ1n) is 3.14. The van der Waals surface area contributed by atoms with Gasteiger partial charge in [-0.2, -0.15) is 0 Å². The van der Waals surface area contributed by atoms with Crippen LogP contribution < -0.4 is 0 Å². The van der Waals surface area contributed by atoms with Crippen molar-refractivity contribution in [2.45, 2.75) is 6.92 Å². The lowest BCUT2D eigenvalue weighted by Gasteiger charge is -1.95. The smallest absolute Gasteiger partial charge is 0.132 e. The number of ether oxygens (including phenoxy) is 1. The number of methoxy groups -OCH3 is 1. The van der Waals surface area contributed by atoms with E-state index in [2.05, 4.69) is 17.5 Å². The van der Waals surface area contributed by atoms with Crippen molar-refractivity contribution in [1.82, 2.24) is 0 Å². The summed E-state index contributed by atoms with van der Waals surface area (Å²) in [6.45, 7) is 5.35. The van der Waals surface area contributed by atoms with E-state index in [1.54, 1.807) is 13.2 Å². The summed E-state index contributed by atoms with van der Waals surface area (Å²) >= 11 is 0. The molecule has 11 heavy (non-hydrogen) atoms. The number of hydrogen-bond donors (Lipinski definition) is 0. The van der Waals surface area contributed by atoms with Crippen molar-refractivity contribution in [3.8, 4) is 12.3 Å². The van der Waals surface area contributed by atoms with Crippen LogP contribution in [0.25, 0.3) is 0 Å². The largest absolute Gasteiger partial charge is 0.495 e. The maximum Gasteiger partial charge on any atom is 0.132 e. The summed E-state index contributed by atoms with van der Waals surface area (Å²) in [5, 5.41) is 0. The van der Waals surface area contributed by atoms with E-state index < -0.39 is 0 Å². The second-order valence-electron chi connectivity index (χ2n) is 1.74. The van der Waals surface area contributed by atoms with Crippen molar-refractivity contribution in [3.63, 3.8) is 0 Å². The Bertz CT molecular complexity index is 230. The second kappa shape index (κ2) is 5.31. The predicted octanol–water partition coefficient (Wildman–Crippen LogP) is 1.75. The first kappa shape index (κ1) is 9.51. The van der Waals surface area contributed by atoms with Gasteiger partial charge in [-0.3, -0.25) is 0 Å². The van der Waals surface area contributed by atoms with E-state index in [1.165, 1.54) is 6.21 Å². The van der Waals surface area contributed by atoms with E-state index in [0.717, 1.165) is 0 Å². The van der Waals surface area contributed by atoms with Crippen LogP contribution >= 0.6 is 0 Å². The van der Waals surface area contributed by atoms with Crippen LogP contribution in [0, 0.1) is 12.3 Å². The second-order valence-corrected chi connectivity index (χ2v) is 1.74. The first-order valence-corrected chi connectivity index (χ1v) is 3.14. The Morgan fingerprint density at radius 1 is 1.73 bits per heavy atom. The summed E-state index contributed by atoms with van der Waals surface area (Å²) in [5.41, 5.74) is 0.390. The van der Waals surface area contributed by atoms with E-state index in [4.69, 9.17) is 11.2 Å². The quantitative estimate of drug-likeness (QED) is 0.340. The van der Waals surface area contributed by atoms with Crippen LogP contribution in [0.5, 0.6) is 0 Å². The molecule has 0 saturated carbocycles. The van der Waals surface area contributed by atoms with Gasteiger partial charge in [-0.15, -0.1) is 6.42 Å². The van der Waals surface area contributed by atoms with Crippen LogP contribution in [0.2, 0.25) is 0 Å². The number of aliphatic imine (C=N–C) groups is 1. The zero-order valence-corrected chi connectivity index (χ0v) is 6.79. The van der Waals surface area contributed by atoms with E-state index in [0.29, 0.717) is 11.5 Å². The minimum atomic E-state index is 0.390. The summed E-state index contributed by atoms with van der Waals surface area (Å²) in [4.78, 5) is 3.84. The van der Waals surface area contributed by atoms with Gasteiger partial charge in [-0.05, 0) is 13.0 Å². The third-order valence-electron chi connectivity index (χ3n) is 1.03. The molecule has 0 bridgehead atoms. The van der Waals surface area contributed by atoms with Crippen molar-refractivity contribution in [3.05, 3.63) is 24.1 Å². The fourth-order valence-electron chi connectivity index (χ4n) is 0.424. The molecular weight excluding hydrogens is 138 g/mol. The van der Waals surface area contributed by atoms with Crippen molar-refractivity contribution in [2.75, 3.05) is 7.11 Å². The molecule has 2 heteroatoms. The molecule has 0 aliphatic carbocycles. The van der Waals surface area contributed by atoms with Gasteiger partial charge in [0.05, 0.1) is 13.3 Å². The highest BCUT2D eigenvalue weighted by molar-refractivity contribution is 5.77. The lowest BCUT2D eigenvalue weighted by molar-refractivity contribution is 0.316. The van der Waals surface area contributed by atoms with Gasteiger partial charge in [0.25, 0.3) is 0 Å². The number of rotatable bonds is 3. The third kappa shape index (κ3) is 3.99. The topological polar surface area (TPSA) is 21.6 Å². The fourth-order valence-corrected chi connectivity index (χ4v) is 0.424. The Balaban J connectivity index is 4.14. The predicted molar refractivity (Wildman–Crippen MR) is 47.2 cm³/mol. The minimum absolute atomic E-state index is 0.390. The molecule has 0 atom stereocenters. The molecule has 0 N–H and O–H groups in total. The molecule has 0 heterocycles. The summed E-state index contributed by atoms with van der Waals surface area (Å²) < 4.78 is 4.90. The Labute approximate surface area is 67.3 Å². The summed E-state index contributed by atoms with van der Waals surface area (Å²) in [6.07, 6.45) is 8.33. The zero-order valence-electron chi connectivity index (χ0n) is 6.79. The molecule has 0 saturated heterocycles.